The molecule has 1 aliphatic carbocycles. The van der Waals surface area contributed by atoms with Crippen molar-refractivity contribution in [3.63, 3.8) is 0 Å². The molecule has 1 heterocycles. The molecule has 0 radical (unpaired) electrons. The van der Waals surface area contributed by atoms with E-state index in [9.17, 15) is 12.8 Å². The van der Waals surface area contributed by atoms with Crippen molar-refractivity contribution >= 4 is 27.4 Å². The topological polar surface area (TPSA) is 74.1 Å². The van der Waals surface area contributed by atoms with Gasteiger partial charge in [-0.1, -0.05) is 16.8 Å². The fraction of sp³-hybridized carbons (Fsp3) is 0.455. The molecule has 0 saturated carbocycles. The second-order valence-electron chi connectivity index (χ2n) is 4.41. The van der Waals surface area contributed by atoms with E-state index in [-0.39, 0.29) is 23.6 Å². The maximum Gasteiger partial charge on any atom is 0.265 e. The lowest BCUT2D eigenvalue weighted by atomic mass is 10.1. The molecule has 2 rings (SSSR count). The number of allylic oxidation sites excluding steroid dienone is 4. The first-order chi connectivity index (χ1) is 9.26. The van der Waals surface area contributed by atoms with Crippen LogP contribution in [-0.4, -0.2) is 29.7 Å². The number of hydrogen-bond acceptors (Lipinski definition) is 5. The lowest BCUT2D eigenvalue weighted by Crippen LogP contribution is -2.07. The Morgan fingerprint density at radius 3 is 2.85 bits per heavy atom. The van der Waals surface area contributed by atoms with E-state index in [2.05, 4.69) is 10.3 Å². The summed E-state index contributed by atoms with van der Waals surface area (Å²) in [6, 6.07) is 0. The van der Waals surface area contributed by atoms with Crippen LogP contribution in [0.25, 0.3) is 5.70 Å². The molecule has 9 heteroatoms. The van der Waals surface area contributed by atoms with Gasteiger partial charge in [0.05, 0.1) is 18.1 Å². The van der Waals surface area contributed by atoms with Gasteiger partial charge in [-0.25, -0.2) is 9.07 Å². The van der Waals surface area contributed by atoms with Crippen LogP contribution < -0.4 is 0 Å². The van der Waals surface area contributed by atoms with Gasteiger partial charge in [0.1, 0.15) is 17.6 Å². The van der Waals surface area contributed by atoms with Crippen LogP contribution in [0.4, 0.5) is 4.39 Å². The van der Waals surface area contributed by atoms with Crippen molar-refractivity contribution in [3.8, 4) is 0 Å². The average Bonchev–Trinajstić information content (AvgIpc) is 2.79. The van der Waals surface area contributed by atoms with Gasteiger partial charge in [-0.2, -0.15) is 8.42 Å². The fourth-order valence-electron chi connectivity index (χ4n) is 1.74. The lowest BCUT2D eigenvalue weighted by molar-refractivity contribution is 0.231. The van der Waals surface area contributed by atoms with E-state index < -0.39 is 16.2 Å². The van der Waals surface area contributed by atoms with Crippen molar-refractivity contribution in [1.29, 1.82) is 0 Å². The molecule has 0 N–H and O–H groups in total. The predicted molar refractivity (Wildman–Crippen MR) is 71.9 cm³/mol. The van der Waals surface area contributed by atoms with Gasteiger partial charge in [0, 0.05) is 11.5 Å². The third-order valence-electron chi connectivity index (χ3n) is 2.65. The molecule has 1 atom stereocenters. The van der Waals surface area contributed by atoms with Gasteiger partial charge in [-0.05, 0) is 19.4 Å². The summed E-state index contributed by atoms with van der Waals surface area (Å²) in [6.45, 7) is 1.52. The molecule has 110 valence electrons. The Bertz CT molecular complexity index is 681. The maximum absolute atomic E-state index is 13.7. The SMILES string of the molecule is CC(OS(C)(=O)=O)c1cn(C2=C(F)CCC(Cl)=C2)nn1. The van der Waals surface area contributed by atoms with E-state index in [1.165, 1.54) is 23.9 Å². The summed E-state index contributed by atoms with van der Waals surface area (Å²) in [5, 5.41) is 8.08. The lowest BCUT2D eigenvalue weighted by Gasteiger charge is -2.11. The van der Waals surface area contributed by atoms with Gasteiger partial charge >= 0.3 is 0 Å². The van der Waals surface area contributed by atoms with Crippen molar-refractivity contribution in [3.05, 3.63) is 28.8 Å². The predicted octanol–water partition coefficient (Wildman–Crippen LogP) is 2.37. The summed E-state index contributed by atoms with van der Waals surface area (Å²) in [6.07, 6.45) is 3.68. The normalized spacial score (nSPS) is 18.1. The first-order valence-corrected chi connectivity index (χ1v) is 8.01. The molecule has 6 nitrogen and oxygen atoms in total. The number of aromatic nitrogens is 3. The molecule has 0 amide bonds. The Kier molecular flexibility index (Phi) is 4.26. The highest BCUT2D eigenvalue weighted by atomic mass is 35.5. The van der Waals surface area contributed by atoms with Crippen LogP contribution >= 0.6 is 11.6 Å². The molecule has 1 aromatic rings. The fourth-order valence-corrected chi connectivity index (χ4v) is 2.56. The number of halogens is 2. The number of rotatable bonds is 4. The van der Waals surface area contributed by atoms with Gasteiger partial charge in [0.15, 0.2) is 0 Å². The van der Waals surface area contributed by atoms with Crippen LogP contribution in [0, 0.1) is 0 Å². The molecule has 0 bridgehead atoms. The maximum atomic E-state index is 13.7. The standard InChI is InChI=1S/C11H13ClFN3O3S/c1-7(19-20(2,17)18)10-6-16(15-14-10)11-5-8(12)3-4-9(11)13/h5-7H,3-4H2,1-2H3. The van der Waals surface area contributed by atoms with Crippen LogP contribution in [0.15, 0.2) is 23.1 Å². The highest BCUT2D eigenvalue weighted by Crippen LogP contribution is 2.29. The van der Waals surface area contributed by atoms with Crippen molar-refractivity contribution in [2.45, 2.75) is 25.9 Å². The van der Waals surface area contributed by atoms with E-state index in [1.54, 1.807) is 0 Å². The Balaban J connectivity index is 2.26. The first kappa shape index (κ1) is 15.1. The zero-order valence-corrected chi connectivity index (χ0v) is 12.4. The zero-order chi connectivity index (χ0) is 14.9. The summed E-state index contributed by atoms with van der Waals surface area (Å²) in [5.74, 6) is -0.345. The largest absolute Gasteiger partial charge is 0.265 e. The molecular weight excluding hydrogens is 309 g/mol. The molecule has 0 spiro atoms. The summed E-state index contributed by atoms with van der Waals surface area (Å²) in [7, 11) is -3.60. The minimum Gasteiger partial charge on any atom is -0.261 e. The van der Waals surface area contributed by atoms with Gasteiger partial charge in [-0.15, -0.1) is 5.10 Å². The van der Waals surface area contributed by atoms with Gasteiger partial charge in [-0.3, -0.25) is 4.18 Å². The van der Waals surface area contributed by atoms with E-state index in [0.717, 1.165) is 6.26 Å². The smallest absolute Gasteiger partial charge is 0.261 e. The van der Waals surface area contributed by atoms with Crippen LogP contribution in [0.3, 0.4) is 0 Å². The Hall–Kier alpha value is -1.25. The first-order valence-electron chi connectivity index (χ1n) is 5.82. The van der Waals surface area contributed by atoms with E-state index in [1.807, 2.05) is 0 Å². The van der Waals surface area contributed by atoms with Crippen LogP contribution in [0.2, 0.25) is 0 Å². The molecule has 0 aliphatic heterocycles. The number of nitrogens with zero attached hydrogens (tertiary/aromatic N) is 3. The van der Waals surface area contributed by atoms with E-state index in [0.29, 0.717) is 11.5 Å². The molecule has 1 aliphatic rings. The van der Waals surface area contributed by atoms with Gasteiger partial charge in [0.2, 0.25) is 0 Å². The second-order valence-corrected chi connectivity index (χ2v) is 6.50. The molecular formula is C11H13ClFN3O3S. The molecule has 1 aromatic heterocycles. The Labute approximate surface area is 121 Å². The molecule has 1 unspecified atom stereocenters. The molecule has 0 fully saturated rings. The Morgan fingerprint density at radius 1 is 1.50 bits per heavy atom. The van der Waals surface area contributed by atoms with Crippen LogP contribution in [0.5, 0.6) is 0 Å². The minimum absolute atomic E-state index is 0.201. The third kappa shape index (κ3) is 3.65. The summed E-state index contributed by atoms with van der Waals surface area (Å²) in [5.41, 5.74) is 0.484. The molecule has 0 aromatic carbocycles. The summed E-state index contributed by atoms with van der Waals surface area (Å²) < 4.78 is 41.8. The van der Waals surface area contributed by atoms with Crippen molar-refractivity contribution in [2.75, 3.05) is 6.26 Å². The summed E-state index contributed by atoms with van der Waals surface area (Å²) in [4.78, 5) is 0. The van der Waals surface area contributed by atoms with Crippen molar-refractivity contribution in [2.24, 2.45) is 0 Å². The quantitative estimate of drug-likeness (QED) is 0.796. The molecule has 0 saturated heterocycles. The molecule has 20 heavy (non-hydrogen) atoms. The van der Waals surface area contributed by atoms with E-state index >= 15 is 0 Å². The average molecular weight is 322 g/mol. The van der Waals surface area contributed by atoms with Crippen molar-refractivity contribution < 1.29 is 17.0 Å². The highest BCUT2D eigenvalue weighted by Gasteiger charge is 2.19. The van der Waals surface area contributed by atoms with Crippen LogP contribution in [0.1, 0.15) is 31.6 Å². The van der Waals surface area contributed by atoms with E-state index in [4.69, 9.17) is 15.8 Å². The summed E-state index contributed by atoms with van der Waals surface area (Å²) >= 11 is 5.88. The van der Waals surface area contributed by atoms with Gasteiger partial charge < -0.3 is 0 Å². The van der Waals surface area contributed by atoms with Crippen LogP contribution in [-0.2, 0) is 14.3 Å². The third-order valence-corrected chi connectivity index (χ3v) is 3.58. The Morgan fingerprint density at radius 2 is 2.20 bits per heavy atom. The highest BCUT2D eigenvalue weighted by molar-refractivity contribution is 7.86. The number of hydrogen-bond donors (Lipinski definition) is 0. The van der Waals surface area contributed by atoms with Crippen molar-refractivity contribution in [1.82, 2.24) is 15.0 Å². The monoisotopic (exact) mass is 321 g/mol. The van der Waals surface area contributed by atoms with Gasteiger partial charge in [0.25, 0.3) is 10.1 Å². The zero-order valence-electron chi connectivity index (χ0n) is 10.9. The second kappa shape index (κ2) is 5.63. The minimum atomic E-state index is -3.60.